The molecule has 2 aromatic carbocycles. The Hall–Kier alpha value is -3.22. The number of benzene rings is 2. The van der Waals surface area contributed by atoms with E-state index < -0.39 is 12.1 Å². The molecule has 2 atom stereocenters. The molecule has 4 rings (SSSR count). The summed E-state index contributed by atoms with van der Waals surface area (Å²) in [6.07, 6.45) is 1.60. The molecular weight excluding hydrogens is 356 g/mol. The van der Waals surface area contributed by atoms with Gasteiger partial charge in [0.15, 0.2) is 12.1 Å². The monoisotopic (exact) mass is 378 g/mol. The first kappa shape index (κ1) is 18.2. The Morgan fingerprint density at radius 1 is 0.964 bits per heavy atom. The zero-order valence-electron chi connectivity index (χ0n) is 15.9. The van der Waals surface area contributed by atoms with E-state index in [4.69, 9.17) is 4.74 Å². The zero-order chi connectivity index (χ0) is 19.7. The van der Waals surface area contributed by atoms with Gasteiger partial charge in [-0.15, -0.1) is 0 Å². The van der Waals surface area contributed by atoms with Crippen molar-refractivity contribution < 1.29 is 14.3 Å². The van der Waals surface area contributed by atoms with Gasteiger partial charge in [-0.2, -0.15) is 5.11 Å². The molecule has 7 nitrogen and oxygen atoms in total. The average molecular weight is 378 g/mol. The summed E-state index contributed by atoms with van der Waals surface area (Å²) < 4.78 is 5.17. The summed E-state index contributed by atoms with van der Waals surface area (Å²) in [5.74, 6) is 0.222. The third kappa shape index (κ3) is 3.13. The summed E-state index contributed by atoms with van der Waals surface area (Å²) in [7, 11) is 1.63. The predicted octanol–water partition coefficient (Wildman–Crippen LogP) is 2.79. The second-order valence-electron chi connectivity index (χ2n) is 6.89. The lowest BCUT2D eigenvalue weighted by Crippen LogP contribution is -2.40. The number of ether oxygens (including phenoxy) is 1. The topological polar surface area (TPSA) is 74.6 Å². The number of imide groups is 1. The Balaban J connectivity index is 1.47. The lowest BCUT2D eigenvalue weighted by molar-refractivity contribution is -0.123. The number of amides is 2. The van der Waals surface area contributed by atoms with Gasteiger partial charge in [-0.3, -0.25) is 14.6 Å². The van der Waals surface area contributed by atoms with Gasteiger partial charge in [0.1, 0.15) is 5.75 Å². The van der Waals surface area contributed by atoms with Gasteiger partial charge < -0.3 is 4.74 Å². The van der Waals surface area contributed by atoms with Gasteiger partial charge in [-0.05, 0) is 48.2 Å². The van der Waals surface area contributed by atoms with E-state index in [1.807, 2.05) is 48.5 Å². The molecule has 0 bridgehead atoms. The van der Waals surface area contributed by atoms with Crippen LogP contribution >= 0.6 is 0 Å². The van der Waals surface area contributed by atoms with Crippen LogP contribution in [0.3, 0.4) is 0 Å². The van der Waals surface area contributed by atoms with Crippen LogP contribution in [0.25, 0.3) is 0 Å². The molecule has 0 aromatic heterocycles. The van der Waals surface area contributed by atoms with Crippen LogP contribution in [0.5, 0.6) is 5.75 Å². The largest absolute Gasteiger partial charge is 0.497 e. The molecule has 0 spiro atoms. The van der Waals surface area contributed by atoms with Crippen LogP contribution in [-0.2, 0) is 22.4 Å². The molecule has 2 aromatic rings. The number of rotatable bonds is 6. The summed E-state index contributed by atoms with van der Waals surface area (Å²) in [4.78, 5) is 27.0. The molecule has 144 valence electrons. The number of carbonyl (C=O) groups is 2. The Morgan fingerprint density at radius 2 is 1.64 bits per heavy atom. The molecule has 2 aliphatic rings. The molecule has 2 heterocycles. The Labute approximate surface area is 163 Å². The van der Waals surface area contributed by atoms with Crippen molar-refractivity contribution in [1.29, 1.82) is 0 Å². The number of fused-ring (bicyclic) bond motifs is 1. The first-order chi connectivity index (χ1) is 13.6. The molecule has 0 unspecified atom stereocenters. The highest BCUT2D eigenvalue weighted by Gasteiger charge is 2.54. The lowest BCUT2D eigenvalue weighted by atomic mass is 10.1. The van der Waals surface area contributed by atoms with Crippen molar-refractivity contribution in [3.63, 3.8) is 0 Å². The number of carbonyl (C=O) groups excluding carboxylic acids is 2. The van der Waals surface area contributed by atoms with Crippen molar-refractivity contribution in [1.82, 2.24) is 5.01 Å². The number of hydrogen-bond acceptors (Lipinski definition) is 6. The van der Waals surface area contributed by atoms with Crippen molar-refractivity contribution in [3.8, 4) is 5.75 Å². The number of anilines is 1. The van der Waals surface area contributed by atoms with Gasteiger partial charge in [0.25, 0.3) is 11.8 Å². The molecule has 2 amide bonds. The quantitative estimate of drug-likeness (QED) is 0.725. The van der Waals surface area contributed by atoms with E-state index in [0.29, 0.717) is 18.7 Å². The molecule has 0 aliphatic carbocycles. The minimum atomic E-state index is -0.755. The fourth-order valence-electron chi connectivity index (χ4n) is 3.58. The molecule has 0 saturated carbocycles. The normalized spacial score (nSPS) is 20.8. The second-order valence-corrected chi connectivity index (χ2v) is 6.89. The van der Waals surface area contributed by atoms with Gasteiger partial charge in [0.2, 0.25) is 0 Å². The molecule has 1 saturated heterocycles. The molecule has 1 fully saturated rings. The number of hydrogen-bond donors (Lipinski definition) is 0. The van der Waals surface area contributed by atoms with Crippen molar-refractivity contribution in [2.24, 2.45) is 10.3 Å². The van der Waals surface area contributed by atoms with E-state index in [-0.39, 0.29) is 11.8 Å². The minimum Gasteiger partial charge on any atom is -0.497 e. The maximum Gasteiger partial charge on any atom is 0.263 e. The Morgan fingerprint density at radius 3 is 2.29 bits per heavy atom. The predicted molar refractivity (Wildman–Crippen MR) is 104 cm³/mol. The fraction of sp³-hybridized carbons (Fsp3) is 0.333. The van der Waals surface area contributed by atoms with Crippen LogP contribution in [-0.4, -0.2) is 42.6 Å². The van der Waals surface area contributed by atoms with Gasteiger partial charge in [-0.25, -0.2) is 4.90 Å². The first-order valence-electron chi connectivity index (χ1n) is 9.39. The lowest BCUT2D eigenvalue weighted by Gasteiger charge is -2.20. The van der Waals surface area contributed by atoms with Gasteiger partial charge in [0, 0.05) is 6.54 Å². The van der Waals surface area contributed by atoms with Crippen molar-refractivity contribution >= 4 is 17.5 Å². The van der Waals surface area contributed by atoms with E-state index in [1.54, 1.807) is 12.1 Å². The van der Waals surface area contributed by atoms with Crippen LogP contribution in [0.15, 0.2) is 58.9 Å². The first-order valence-corrected chi connectivity index (χ1v) is 9.39. The standard InChI is InChI=1S/C21H22N4O3/c1-3-14-4-8-16(9-5-14)25-20(26)18-19(21(25)27)24(23-22-18)13-12-15-6-10-17(28-2)11-7-15/h4-11,18-19H,3,12-13H2,1-2H3/t18-,19-/m0/s1. The van der Waals surface area contributed by atoms with E-state index in [1.165, 1.54) is 4.90 Å². The number of aryl methyl sites for hydroxylation is 1. The highest BCUT2D eigenvalue weighted by Crippen LogP contribution is 2.32. The van der Waals surface area contributed by atoms with E-state index >= 15 is 0 Å². The molecular formula is C21H22N4O3. The van der Waals surface area contributed by atoms with Crippen molar-refractivity contribution in [3.05, 3.63) is 59.7 Å². The highest BCUT2D eigenvalue weighted by molar-refractivity contribution is 6.25. The third-order valence-corrected chi connectivity index (χ3v) is 5.25. The summed E-state index contributed by atoms with van der Waals surface area (Å²) in [5.41, 5.74) is 2.85. The molecule has 0 radical (unpaired) electrons. The van der Waals surface area contributed by atoms with Gasteiger partial charge in [0.05, 0.1) is 12.8 Å². The van der Waals surface area contributed by atoms with E-state index in [9.17, 15) is 9.59 Å². The molecule has 0 N–H and O–H groups in total. The zero-order valence-corrected chi connectivity index (χ0v) is 15.9. The van der Waals surface area contributed by atoms with E-state index in [2.05, 4.69) is 17.3 Å². The van der Waals surface area contributed by atoms with Crippen molar-refractivity contribution in [2.75, 3.05) is 18.6 Å². The summed E-state index contributed by atoms with van der Waals surface area (Å²) in [6, 6.07) is 13.8. The van der Waals surface area contributed by atoms with Crippen LogP contribution in [0.1, 0.15) is 18.1 Å². The van der Waals surface area contributed by atoms with Gasteiger partial charge in [-0.1, -0.05) is 36.4 Å². The summed E-state index contributed by atoms with van der Waals surface area (Å²) >= 11 is 0. The van der Waals surface area contributed by atoms with Crippen molar-refractivity contribution in [2.45, 2.75) is 31.8 Å². The SMILES string of the molecule is CCc1ccc(N2C(=O)[C@H]3N=NN(CCc4ccc(OC)cc4)[C@@H]3C2=O)cc1. The van der Waals surface area contributed by atoms with Crippen LogP contribution in [0, 0.1) is 0 Å². The van der Waals surface area contributed by atoms with Crippen LogP contribution in [0.2, 0.25) is 0 Å². The Kier molecular flexibility index (Phi) is 4.81. The minimum absolute atomic E-state index is 0.265. The van der Waals surface area contributed by atoms with E-state index in [0.717, 1.165) is 23.3 Å². The smallest absolute Gasteiger partial charge is 0.263 e. The molecule has 28 heavy (non-hydrogen) atoms. The fourth-order valence-corrected chi connectivity index (χ4v) is 3.58. The molecule has 2 aliphatic heterocycles. The average Bonchev–Trinajstić information content (AvgIpc) is 3.26. The maximum absolute atomic E-state index is 13.0. The molecule has 7 heteroatoms. The highest BCUT2D eigenvalue weighted by atomic mass is 16.5. The van der Waals surface area contributed by atoms with Gasteiger partial charge >= 0.3 is 0 Å². The number of methoxy groups -OCH3 is 1. The summed E-state index contributed by atoms with van der Waals surface area (Å²) in [5, 5.41) is 9.80. The summed E-state index contributed by atoms with van der Waals surface area (Å²) in [6.45, 7) is 2.57. The second kappa shape index (κ2) is 7.42. The Bertz CT molecular complexity index is 908. The third-order valence-electron chi connectivity index (χ3n) is 5.25. The van der Waals surface area contributed by atoms with Crippen LogP contribution in [0.4, 0.5) is 5.69 Å². The maximum atomic E-state index is 13.0. The van der Waals surface area contributed by atoms with Crippen LogP contribution < -0.4 is 9.64 Å². The number of nitrogens with zero attached hydrogens (tertiary/aromatic N) is 4.